The molecule has 5 nitrogen and oxygen atoms in total. The fourth-order valence-corrected chi connectivity index (χ4v) is 3.42. The molecule has 0 aromatic carbocycles. The van der Waals surface area contributed by atoms with Crippen LogP contribution in [-0.2, 0) is 0 Å². The van der Waals surface area contributed by atoms with Crippen LogP contribution in [0.5, 0.6) is 0 Å². The Hall–Kier alpha value is -1.79. The largest absolute Gasteiger partial charge is 0.349 e. The van der Waals surface area contributed by atoms with E-state index in [1.54, 1.807) is 11.6 Å². The number of hydrogen-bond donors (Lipinski definition) is 1. The van der Waals surface area contributed by atoms with Crippen LogP contribution in [0.1, 0.15) is 39.9 Å². The van der Waals surface area contributed by atoms with Crippen molar-refractivity contribution in [2.45, 2.75) is 25.8 Å². The molecule has 22 heavy (non-hydrogen) atoms. The Labute approximate surface area is 134 Å². The summed E-state index contributed by atoms with van der Waals surface area (Å²) in [5.41, 5.74) is 1.66. The first-order chi connectivity index (χ1) is 10.7. The van der Waals surface area contributed by atoms with Crippen molar-refractivity contribution in [1.82, 2.24) is 20.2 Å². The van der Waals surface area contributed by atoms with Crippen molar-refractivity contribution in [1.29, 1.82) is 0 Å². The molecule has 6 heteroatoms. The van der Waals surface area contributed by atoms with E-state index in [-0.39, 0.29) is 11.9 Å². The van der Waals surface area contributed by atoms with Gasteiger partial charge in [0.05, 0.1) is 11.0 Å². The monoisotopic (exact) mass is 316 g/mol. The molecule has 0 spiro atoms. The van der Waals surface area contributed by atoms with Crippen LogP contribution in [-0.4, -0.2) is 40.4 Å². The van der Waals surface area contributed by atoms with Crippen LogP contribution in [0.2, 0.25) is 0 Å². The second-order valence-corrected chi connectivity index (χ2v) is 6.57. The third kappa shape index (κ3) is 3.51. The van der Waals surface area contributed by atoms with Gasteiger partial charge in [0.2, 0.25) is 0 Å². The lowest BCUT2D eigenvalue weighted by atomic mass is 10.1. The zero-order valence-electron chi connectivity index (χ0n) is 12.7. The number of nitrogens with zero attached hydrogens (tertiary/aromatic N) is 3. The Morgan fingerprint density at radius 1 is 1.45 bits per heavy atom. The van der Waals surface area contributed by atoms with Gasteiger partial charge in [-0.05, 0) is 44.5 Å². The highest BCUT2D eigenvalue weighted by Gasteiger charge is 2.24. The number of carbonyl (C=O) groups excluding carboxylic acids is 1. The van der Waals surface area contributed by atoms with Crippen LogP contribution in [0.25, 0.3) is 0 Å². The topological polar surface area (TPSA) is 58.1 Å². The van der Waals surface area contributed by atoms with Crippen LogP contribution in [0.4, 0.5) is 0 Å². The molecule has 1 N–H and O–H groups in total. The van der Waals surface area contributed by atoms with Gasteiger partial charge in [0.1, 0.15) is 5.69 Å². The molecule has 1 unspecified atom stereocenters. The van der Waals surface area contributed by atoms with Crippen LogP contribution < -0.4 is 5.32 Å². The van der Waals surface area contributed by atoms with Gasteiger partial charge >= 0.3 is 0 Å². The molecule has 116 valence electrons. The van der Waals surface area contributed by atoms with Gasteiger partial charge in [0, 0.05) is 24.3 Å². The number of nitrogens with one attached hydrogen (secondary N) is 1. The van der Waals surface area contributed by atoms with Crippen molar-refractivity contribution >= 4 is 17.2 Å². The van der Waals surface area contributed by atoms with Crippen molar-refractivity contribution in [2.75, 3.05) is 19.6 Å². The number of rotatable bonds is 5. The zero-order chi connectivity index (χ0) is 15.4. The second kappa shape index (κ2) is 6.98. The molecule has 3 heterocycles. The molecule has 2 aromatic heterocycles. The first kappa shape index (κ1) is 15.1. The average molecular weight is 316 g/mol. The van der Waals surface area contributed by atoms with Crippen LogP contribution in [0.15, 0.2) is 29.9 Å². The number of thiazole rings is 1. The van der Waals surface area contributed by atoms with Gasteiger partial charge < -0.3 is 5.32 Å². The number of hydrogen-bond acceptors (Lipinski definition) is 5. The van der Waals surface area contributed by atoms with E-state index in [1.807, 2.05) is 19.2 Å². The Morgan fingerprint density at radius 2 is 2.27 bits per heavy atom. The third-order valence-electron chi connectivity index (χ3n) is 3.96. The number of pyridine rings is 1. The minimum Gasteiger partial charge on any atom is -0.349 e. The molecule has 0 aliphatic carbocycles. The molecule has 2 aromatic rings. The van der Waals surface area contributed by atoms with Crippen molar-refractivity contribution in [3.05, 3.63) is 46.2 Å². The van der Waals surface area contributed by atoms with E-state index in [0.717, 1.165) is 23.7 Å². The Bertz CT molecular complexity index is 622. The van der Waals surface area contributed by atoms with E-state index in [9.17, 15) is 4.79 Å². The quantitative estimate of drug-likeness (QED) is 0.920. The van der Waals surface area contributed by atoms with Gasteiger partial charge in [-0.3, -0.25) is 14.7 Å². The molecule has 1 aliphatic heterocycles. The summed E-state index contributed by atoms with van der Waals surface area (Å²) in [5.74, 6) is -0.0996. The van der Waals surface area contributed by atoms with Crippen LogP contribution in [0, 0.1) is 6.92 Å². The normalized spacial score (nSPS) is 16.6. The minimum absolute atomic E-state index is 0.0996. The molecule has 1 fully saturated rings. The van der Waals surface area contributed by atoms with Gasteiger partial charge in [0.15, 0.2) is 0 Å². The standard InChI is InChI=1S/C16H20N4OS/c1-12-19-14(11-22-12)16(21)18-10-15(20-7-2-3-8-20)13-5-4-6-17-9-13/h4-6,9,11,15H,2-3,7-8,10H2,1H3,(H,18,21). The highest BCUT2D eigenvalue weighted by Crippen LogP contribution is 2.24. The number of likely N-dealkylation sites (tertiary alicyclic amines) is 1. The van der Waals surface area contributed by atoms with E-state index in [1.165, 1.54) is 24.2 Å². The highest BCUT2D eigenvalue weighted by atomic mass is 32.1. The summed E-state index contributed by atoms with van der Waals surface area (Å²) in [6.07, 6.45) is 6.11. The predicted molar refractivity (Wildman–Crippen MR) is 87.0 cm³/mol. The van der Waals surface area contributed by atoms with E-state index < -0.39 is 0 Å². The maximum atomic E-state index is 12.2. The molecular formula is C16H20N4OS. The summed E-state index contributed by atoms with van der Waals surface area (Å²) in [5, 5.41) is 5.74. The summed E-state index contributed by atoms with van der Waals surface area (Å²) in [4.78, 5) is 23.1. The van der Waals surface area contributed by atoms with Crippen LogP contribution in [0.3, 0.4) is 0 Å². The summed E-state index contributed by atoms with van der Waals surface area (Å²) >= 11 is 1.50. The zero-order valence-corrected chi connectivity index (χ0v) is 13.5. The fourth-order valence-electron chi connectivity index (χ4n) is 2.83. The van der Waals surface area contributed by atoms with E-state index in [0.29, 0.717) is 12.2 Å². The molecule has 1 aliphatic rings. The van der Waals surface area contributed by atoms with Crippen molar-refractivity contribution in [3.63, 3.8) is 0 Å². The third-order valence-corrected chi connectivity index (χ3v) is 4.73. The van der Waals surface area contributed by atoms with Gasteiger partial charge in [-0.1, -0.05) is 6.07 Å². The molecule has 0 saturated carbocycles. The lowest BCUT2D eigenvalue weighted by Gasteiger charge is -2.27. The maximum absolute atomic E-state index is 12.2. The van der Waals surface area contributed by atoms with Crippen molar-refractivity contribution < 1.29 is 4.79 Å². The molecular weight excluding hydrogens is 296 g/mol. The molecule has 0 bridgehead atoms. The smallest absolute Gasteiger partial charge is 0.270 e. The molecule has 3 rings (SSSR count). The first-order valence-corrected chi connectivity index (χ1v) is 8.46. The highest BCUT2D eigenvalue weighted by molar-refractivity contribution is 7.09. The summed E-state index contributed by atoms with van der Waals surface area (Å²) in [6, 6.07) is 4.21. The molecule has 1 atom stereocenters. The van der Waals surface area contributed by atoms with Crippen LogP contribution >= 0.6 is 11.3 Å². The Balaban J connectivity index is 1.69. The fraction of sp³-hybridized carbons (Fsp3) is 0.438. The number of carbonyl (C=O) groups is 1. The second-order valence-electron chi connectivity index (χ2n) is 5.51. The average Bonchev–Trinajstić information content (AvgIpc) is 3.20. The molecule has 1 amide bonds. The molecule has 0 radical (unpaired) electrons. The SMILES string of the molecule is Cc1nc(C(=O)NCC(c2cccnc2)N2CCCC2)cs1. The lowest BCUT2D eigenvalue weighted by Crippen LogP contribution is -2.37. The predicted octanol–water partition coefficient (Wildman–Crippen LogP) is 2.41. The number of amides is 1. The van der Waals surface area contributed by atoms with Gasteiger partial charge in [-0.2, -0.15) is 0 Å². The van der Waals surface area contributed by atoms with E-state index in [2.05, 4.69) is 26.3 Å². The Morgan fingerprint density at radius 3 is 2.91 bits per heavy atom. The Kier molecular flexibility index (Phi) is 4.80. The molecule has 1 saturated heterocycles. The minimum atomic E-state index is -0.0996. The van der Waals surface area contributed by atoms with E-state index >= 15 is 0 Å². The number of aromatic nitrogens is 2. The van der Waals surface area contributed by atoms with Crippen molar-refractivity contribution in [3.8, 4) is 0 Å². The lowest BCUT2D eigenvalue weighted by molar-refractivity contribution is 0.0933. The summed E-state index contributed by atoms with van der Waals surface area (Å²) in [7, 11) is 0. The van der Waals surface area contributed by atoms with Crippen molar-refractivity contribution in [2.24, 2.45) is 0 Å². The summed E-state index contributed by atoms with van der Waals surface area (Å²) < 4.78 is 0. The first-order valence-electron chi connectivity index (χ1n) is 7.58. The summed E-state index contributed by atoms with van der Waals surface area (Å²) in [6.45, 7) is 4.64. The maximum Gasteiger partial charge on any atom is 0.270 e. The van der Waals surface area contributed by atoms with E-state index in [4.69, 9.17) is 0 Å². The van der Waals surface area contributed by atoms with Gasteiger partial charge in [-0.15, -0.1) is 11.3 Å². The van der Waals surface area contributed by atoms with Gasteiger partial charge in [0.25, 0.3) is 5.91 Å². The van der Waals surface area contributed by atoms with Gasteiger partial charge in [-0.25, -0.2) is 4.98 Å². The number of aryl methyl sites for hydroxylation is 1.